The Labute approximate surface area is 111 Å². The molecule has 0 unspecified atom stereocenters. The molecule has 19 heavy (non-hydrogen) atoms. The molecular formula is C14H16N4O. The van der Waals surface area contributed by atoms with Crippen LogP contribution in [0.15, 0.2) is 42.7 Å². The highest BCUT2D eigenvalue weighted by atomic mass is 16.1. The first-order chi connectivity index (χ1) is 9.20. The summed E-state index contributed by atoms with van der Waals surface area (Å²) < 4.78 is 0. The number of anilines is 2. The molecule has 1 aromatic carbocycles. The van der Waals surface area contributed by atoms with E-state index in [1.54, 1.807) is 37.6 Å². The molecule has 5 heteroatoms. The number of pyridine rings is 1. The highest BCUT2D eigenvalue weighted by molar-refractivity contribution is 5.96. The number of aromatic nitrogens is 1. The molecule has 0 aliphatic heterocycles. The Morgan fingerprint density at radius 3 is 2.89 bits per heavy atom. The second kappa shape index (κ2) is 5.86. The second-order valence-corrected chi connectivity index (χ2v) is 4.10. The fourth-order valence-corrected chi connectivity index (χ4v) is 1.69. The molecule has 1 heterocycles. The number of amides is 1. The number of hydrogen-bond acceptors (Lipinski definition) is 4. The van der Waals surface area contributed by atoms with E-state index in [9.17, 15) is 4.79 Å². The van der Waals surface area contributed by atoms with Crippen LogP contribution in [0.3, 0.4) is 0 Å². The van der Waals surface area contributed by atoms with Crippen LogP contribution in [-0.4, -0.2) is 17.9 Å². The van der Waals surface area contributed by atoms with Crippen molar-refractivity contribution in [3.63, 3.8) is 0 Å². The first-order valence-electron chi connectivity index (χ1n) is 5.95. The van der Waals surface area contributed by atoms with Crippen molar-refractivity contribution < 1.29 is 4.79 Å². The van der Waals surface area contributed by atoms with Crippen molar-refractivity contribution in [2.45, 2.75) is 6.54 Å². The molecule has 0 aliphatic carbocycles. The minimum Gasteiger partial charge on any atom is -0.397 e. The standard InChI is InChI=1S/C14H16N4O/c1-16-14(19)11-4-5-12(15)13(7-11)18-9-10-3-2-6-17-8-10/h2-8,18H,9,15H2,1H3,(H,16,19). The van der Waals surface area contributed by atoms with Crippen LogP contribution in [0.5, 0.6) is 0 Å². The Bertz CT molecular complexity index is 569. The zero-order valence-electron chi connectivity index (χ0n) is 10.7. The van der Waals surface area contributed by atoms with Gasteiger partial charge in [0.25, 0.3) is 5.91 Å². The minimum absolute atomic E-state index is 0.135. The molecule has 0 aliphatic rings. The lowest BCUT2D eigenvalue weighted by atomic mass is 10.1. The molecule has 0 spiro atoms. The van der Waals surface area contributed by atoms with Crippen LogP contribution < -0.4 is 16.4 Å². The molecule has 4 N–H and O–H groups in total. The average Bonchev–Trinajstić information content (AvgIpc) is 2.46. The number of nitrogens with one attached hydrogen (secondary N) is 2. The molecule has 0 fully saturated rings. The number of nitrogens with two attached hydrogens (primary N) is 1. The summed E-state index contributed by atoms with van der Waals surface area (Å²) in [6, 6.07) is 9.00. The Hall–Kier alpha value is -2.56. The summed E-state index contributed by atoms with van der Waals surface area (Å²) in [5.41, 5.74) is 8.86. The van der Waals surface area contributed by atoms with Crippen LogP contribution in [0.2, 0.25) is 0 Å². The van der Waals surface area contributed by atoms with Crippen LogP contribution in [0.1, 0.15) is 15.9 Å². The lowest BCUT2D eigenvalue weighted by Crippen LogP contribution is -2.18. The average molecular weight is 256 g/mol. The van der Waals surface area contributed by atoms with Gasteiger partial charge in [-0.25, -0.2) is 0 Å². The maximum Gasteiger partial charge on any atom is 0.251 e. The first-order valence-corrected chi connectivity index (χ1v) is 5.95. The molecule has 0 bridgehead atoms. The molecular weight excluding hydrogens is 240 g/mol. The number of carbonyl (C=O) groups is 1. The molecule has 5 nitrogen and oxygen atoms in total. The van der Waals surface area contributed by atoms with E-state index in [0.717, 1.165) is 11.3 Å². The zero-order chi connectivity index (χ0) is 13.7. The van der Waals surface area contributed by atoms with E-state index >= 15 is 0 Å². The summed E-state index contributed by atoms with van der Waals surface area (Å²) in [4.78, 5) is 15.6. The van der Waals surface area contributed by atoms with E-state index in [1.165, 1.54) is 0 Å². The monoisotopic (exact) mass is 256 g/mol. The van der Waals surface area contributed by atoms with E-state index in [1.807, 2.05) is 12.1 Å². The van der Waals surface area contributed by atoms with Crippen molar-refractivity contribution >= 4 is 17.3 Å². The van der Waals surface area contributed by atoms with Gasteiger partial charge in [-0.05, 0) is 29.8 Å². The molecule has 2 aromatic rings. The van der Waals surface area contributed by atoms with Gasteiger partial charge in [0.2, 0.25) is 0 Å². The summed E-state index contributed by atoms with van der Waals surface area (Å²) in [6.45, 7) is 0.606. The maximum atomic E-state index is 11.6. The largest absolute Gasteiger partial charge is 0.397 e. The van der Waals surface area contributed by atoms with Crippen molar-refractivity contribution in [2.75, 3.05) is 18.1 Å². The molecule has 0 saturated carbocycles. The predicted molar refractivity (Wildman–Crippen MR) is 75.8 cm³/mol. The number of benzene rings is 1. The number of rotatable bonds is 4. The first kappa shape index (κ1) is 12.9. The summed E-state index contributed by atoms with van der Waals surface area (Å²) in [5.74, 6) is -0.135. The molecule has 0 radical (unpaired) electrons. The molecule has 0 atom stereocenters. The van der Waals surface area contributed by atoms with E-state index in [2.05, 4.69) is 15.6 Å². The Morgan fingerprint density at radius 2 is 2.21 bits per heavy atom. The van der Waals surface area contributed by atoms with Crippen molar-refractivity contribution in [3.8, 4) is 0 Å². The van der Waals surface area contributed by atoms with Gasteiger partial charge >= 0.3 is 0 Å². The number of nitrogen functional groups attached to an aromatic ring is 1. The lowest BCUT2D eigenvalue weighted by Gasteiger charge is -2.10. The summed E-state index contributed by atoms with van der Waals surface area (Å²) in [5, 5.41) is 5.79. The van der Waals surface area contributed by atoms with Crippen molar-refractivity contribution in [1.29, 1.82) is 0 Å². The van der Waals surface area contributed by atoms with Crippen LogP contribution in [0.25, 0.3) is 0 Å². The Kier molecular flexibility index (Phi) is 3.97. The predicted octanol–water partition coefficient (Wildman–Crippen LogP) is 1.64. The SMILES string of the molecule is CNC(=O)c1ccc(N)c(NCc2cccnc2)c1. The molecule has 2 rings (SSSR count). The van der Waals surface area contributed by atoms with E-state index in [-0.39, 0.29) is 5.91 Å². The molecule has 1 aromatic heterocycles. The fraction of sp³-hybridized carbons (Fsp3) is 0.143. The molecule has 1 amide bonds. The van der Waals surface area contributed by atoms with Crippen LogP contribution in [-0.2, 0) is 6.54 Å². The molecule has 0 saturated heterocycles. The Morgan fingerprint density at radius 1 is 1.37 bits per heavy atom. The number of carbonyl (C=O) groups excluding carboxylic acids is 1. The van der Waals surface area contributed by atoms with Gasteiger partial charge in [0.05, 0.1) is 11.4 Å². The highest BCUT2D eigenvalue weighted by Gasteiger charge is 2.06. The smallest absolute Gasteiger partial charge is 0.251 e. The van der Waals surface area contributed by atoms with Crippen molar-refractivity contribution in [2.24, 2.45) is 0 Å². The Balaban J connectivity index is 2.13. The van der Waals surface area contributed by atoms with Gasteiger partial charge < -0.3 is 16.4 Å². The molecule has 98 valence electrons. The topological polar surface area (TPSA) is 80.0 Å². The van der Waals surface area contributed by atoms with E-state index in [4.69, 9.17) is 5.73 Å². The third kappa shape index (κ3) is 3.22. The van der Waals surface area contributed by atoms with Gasteiger partial charge in [-0.3, -0.25) is 9.78 Å². The fourth-order valence-electron chi connectivity index (χ4n) is 1.69. The van der Waals surface area contributed by atoms with Gasteiger partial charge in [-0.2, -0.15) is 0 Å². The quantitative estimate of drug-likeness (QED) is 0.726. The van der Waals surface area contributed by atoms with Gasteiger partial charge in [0, 0.05) is 31.5 Å². The minimum atomic E-state index is -0.135. The normalized spacial score (nSPS) is 9.95. The van der Waals surface area contributed by atoms with Crippen LogP contribution >= 0.6 is 0 Å². The highest BCUT2D eigenvalue weighted by Crippen LogP contribution is 2.20. The lowest BCUT2D eigenvalue weighted by molar-refractivity contribution is 0.0963. The number of nitrogens with zero attached hydrogens (tertiary/aromatic N) is 1. The van der Waals surface area contributed by atoms with E-state index in [0.29, 0.717) is 17.8 Å². The third-order valence-corrected chi connectivity index (χ3v) is 2.75. The second-order valence-electron chi connectivity index (χ2n) is 4.10. The van der Waals surface area contributed by atoms with Gasteiger partial charge in [-0.1, -0.05) is 6.07 Å². The van der Waals surface area contributed by atoms with Crippen LogP contribution in [0.4, 0.5) is 11.4 Å². The van der Waals surface area contributed by atoms with Gasteiger partial charge in [-0.15, -0.1) is 0 Å². The zero-order valence-corrected chi connectivity index (χ0v) is 10.7. The van der Waals surface area contributed by atoms with Crippen molar-refractivity contribution in [3.05, 3.63) is 53.9 Å². The summed E-state index contributed by atoms with van der Waals surface area (Å²) >= 11 is 0. The maximum absolute atomic E-state index is 11.6. The van der Waals surface area contributed by atoms with Crippen molar-refractivity contribution in [1.82, 2.24) is 10.3 Å². The summed E-state index contributed by atoms with van der Waals surface area (Å²) in [7, 11) is 1.60. The van der Waals surface area contributed by atoms with Crippen LogP contribution in [0, 0.1) is 0 Å². The van der Waals surface area contributed by atoms with Gasteiger partial charge in [0.15, 0.2) is 0 Å². The van der Waals surface area contributed by atoms with E-state index < -0.39 is 0 Å². The number of hydrogen-bond donors (Lipinski definition) is 3. The third-order valence-electron chi connectivity index (χ3n) is 2.75. The van der Waals surface area contributed by atoms with Gasteiger partial charge in [0.1, 0.15) is 0 Å². The summed E-state index contributed by atoms with van der Waals surface area (Å²) in [6.07, 6.45) is 3.51.